The summed E-state index contributed by atoms with van der Waals surface area (Å²) >= 11 is 0. The lowest BCUT2D eigenvalue weighted by Gasteiger charge is -2.08. The summed E-state index contributed by atoms with van der Waals surface area (Å²) in [6.45, 7) is 4.21. The molecule has 0 atom stereocenters. The smallest absolute Gasteiger partial charge is 0.261 e. The largest absolute Gasteiger partial charge is 0.494 e. The van der Waals surface area contributed by atoms with Crippen LogP contribution >= 0.6 is 0 Å². The van der Waals surface area contributed by atoms with Crippen LogP contribution in [0.5, 0.6) is 5.75 Å². The summed E-state index contributed by atoms with van der Waals surface area (Å²) in [5, 5.41) is 6.91. The van der Waals surface area contributed by atoms with Crippen molar-refractivity contribution in [1.29, 1.82) is 0 Å². The van der Waals surface area contributed by atoms with Crippen LogP contribution in [0.2, 0.25) is 0 Å². The first-order valence-electron chi connectivity index (χ1n) is 7.75. The standard InChI is InChI=1S/C19H18N2O3/c1-3-23-16-11-7-10-15(12-16)20-19(22)17-13(2)24-21-18(17)14-8-5-4-6-9-14/h4-12H,3H2,1-2H3,(H,20,22). The summed E-state index contributed by atoms with van der Waals surface area (Å²) in [7, 11) is 0. The van der Waals surface area contributed by atoms with Crippen LogP contribution in [0.3, 0.4) is 0 Å². The van der Waals surface area contributed by atoms with Gasteiger partial charge in [-0.25, -0.2) is 0 Å². The van der Waals surface area contributed by atoms with Crippen LogP contribution in [-0.2, 0) is 0 Å². The highest BCUT2D eigenvalue weighted by molar-refractivity contribution is 6.08. The Hall–Kier alpha value is -3.08. The Kier molecular flexibility index (Phi) is 4.61. The Morgan fingerprint density at radius 2 is 1.96 bits per heavy atom. The molecule has 0 saturated carbocycles. The predicted molar refractivity (Wildman–Crippen MR) is 92.2 cm³/mol. The highest BCUT2D eigenvalue weighted by atomic mass is 16.5. The van der Waals surface area contributed by atoms with Gasteiger partial charge in [-0.1, -0.05) is 41.6 Å². The summed E-state index contributed by atoms with van der Waals surface area (Å²) in [5.41, 5.74) is 2.46. The molecule has 122 valence electrons. The van der Waals surface area contributed by atoms with E-state index >= 15 is 0 Å². The van der Waals surface area contributed by atoms with Crippen LogP contribution in [-0.4, -0.2) is 17.7 Å². The number of carbonyl (C=O) groups is 1. The second kappa shape index (κ2) is 7.00. The Bertz CT molecular complexity index is 841. The van der Waals surface area contributed by atoms with Gasteiger partial charge in [-0.3, -0.25) is 4.79 Å². The van der Waals surface area contributed by atoms with E-state index in [4.69, 9.17) is 9.26 Å². The van der Waals surface area contributed by atoms with Crippen molar-refractivity contribution in [3.8, 4) is 17.0 Å². The average Bonchev–Trinajstić information content (AvgIpc) is 2.98. The number of benzene rings is 2. The molecule has 1 N–H and O–H groups in total. The first kappa shape index (κ1) is 15.8. The van der Waals surface area contributed by atoms with Gasteiger partial charge in [0.25, 0.3) is 5.91 Å². The molecule has 0 aliphatic rings. The van der Waals surface area contributed by atoms with Crippen molar-refractivity contribution in [2.75, 3.05) is 11.9 Å². The summed E-state index contributed by atoms with van der Waals surface area (Å²) in [5.74, 6) is 0.925. The second-order valence-corrected chi connectivity index (χ2v) is 5.24. The van der Waals surface area contributed by atoms with Gasteiger partial charge < -0.3 is 14.6 Å². The van der Waals surface area contributed by atoms with E-state index in [-0.39, 0.29) is 5.91 Å². The van der Waals surface area contributed by atoms with E-state index in [1.807, 2.05) is 55.5 Å². The van der Waals surface area contributed by atoms with Gasteiger partial charge in [-0.2, -0.15) is 0 Å². The van der Waals surface area contributed by atoms with E-state index < -0.39 is 0 Å². The molecule has 24 heavy (non-hydrogen) atoms. The van der Waals surface area contributed by atoms with Crippen LogP contribution in [0.1, 0.15) is 23.0 Å². The maximum atomic E-state index is 12.7. The predicted octanol–water partition coefficient (Wildman–Crippen LogP) is 4.30. The minimum atomic E-state index is -0.263. The number of rotatable bonds is 5. The fourth-order valence-corrected chi connectivity index (χ4v) is 2.46. The topological polar surface area (TPSA) is 64.4 Å². The van der Waals surface area contributed by atoms with Crippen LogP contribution in [0.15, 0.2) is 59.1 Å². The van der Waals surface area contributed by atoms with Crippen molar-refractivity contribution in [2.24, 2.45) is 0 Å². The minimum absolute atomic E-state index is 0.263. The molecule has 5 nitrogen and oxygen atoms in total. The fraction of sp³-hybridized carbons (Fsp3) is 0.158. The van der Waals surface area contributed by atoms with Crippen LogP contribution in [0.4, 0.5) is 5.69 Å². The molecule has 1 amide bonds. The first-order valence-corrected chi connectivity index (χ1v) is 7.75. The van der Waals surface area contributed by atoms with Crippen molar-refractivity contribution in [2.45, 2.75) is 13.8 Å². The molecule has 1 aromatic heterocycles. The molecule has 0 unspecified atom stereocenters. The highest BCUT2D eigenvalue weighted by Gasteiger charge is 2.21. The molecule has 3 rings (SSSR count). The fourth-order valence-electron chi connectivity index (χ4n) is 2.46. The Labute approximate surface area is 140 Å². The van der Waals surface area contributed by atoms with Crippen LogP contribution in [0, 0.1) is 6.92 Å². The molecule has 1 heterocycles. The molecule has 0 radical (unpaired) electrons. The molecule has 5 heteroatoms. The molecule has 0 spiro atoms. The van der Waals surface area contributed by atoms with Gasteiger partial charge in [-0.15, -0.1) is 0 Å². The van der Waals surface area contributed by atoms with E-state index in [0.717, 1.165) is 5.56 Å². The van der Waals surface area contributed by atoms with Gasteiger partial charge in [0.1, 0.15) is 22.8 Å². The monoisotopic (exact) mass is 322 g/mol. The number of hydrogen-bond acceptors (Lipinski definition) is 4. The highest BCUT2D eigenvalue weighted by Crippen LogP contribution is 2.26. The number of nitrogens with one attached hydrogen (secondary N) is 1. The van der Waals surface area contributed by atoms with Crippen LogP contribution < -0.4 is 10.1 Å². The van der Waals surface area contributed by atoms with Crippen molar-refractivity contribution in [3.63, 3.8) is 0 Å². The van der Waals surface area contributed by atoms with Crippen molar-refractivity contribution in [1.82, 2.24) is 5.16 Å². The molecule has 0 saturated heterocycles. The zero-order chi connectivity index (χ0) is 16.9. The third-order valence-electron chi connectivity index (χ3n) is 3.54. The Morgan fingerprint density at radius 3 is 2.71 bits per heavy atom. The van der Waals surface area contributed by atoms with Crippen molar-refractivity contribution >= 4 is 11.6 Å². The quantitative estimate of drug-likeness (QED) is 0.760. The minimum Gasteiger partial charge on any atom is -0.494 e. The number of anilines is 1. The molecule has 0 aliphatic heterocycles. The molecular formula is C19H18N2O3. The number of hydrogen-bond donors (Lipinski definition) is 1. The van der Waals surface area contributed by atoms with E-state index in [1.165, 1.54) is 0 Å². The number of aromatic nitrogens is 1. The van der Waals surface area contributed by atoms with E-state index in [0.29, 0.717) is 35.1 Å². The summed E-state index contributed by atoms with van der Waals surface area (Å²) < 4.78 is 10.7. The third kappa shape index (κ3) is 3.30. The summed E-state index contributed by atoms with van der Waals surface area (Å²) in [6.07, 6.45) is 0. The molecule has 0 fully saturated rings. The number of ether oxygens (including phenoxy) is 1. The maximum Gasteiger partial charge on any atom is 0.261 e. The Balaban J connectivity index is 1.88. The SMILES string of the molecule is CCOc1cccc(NC(=O)c2c(-c3ccccc3)noc2C)c1. The summed E-state index contributed by atoms with van der Waals surface area (Å²) in [6, 6.07) is 16.8. The lowest BCUT2D eigenvalue weighted by Crippen LogP contribution is -2.13. The number of carbonyl (C=O) groups excluding carboxylic acids is 1. The lowest BCUT2D eigenvalue weighted by atomic mass is 10.1. The molecule has 0 aliphatic carbocycles. The van der Waals surface area contributed by atoms with E-state index in [9.17, 15) is 4.79 Å². The van der Waals surface area contributed by atoms with Gasteiger partial charge >= 0.3 is 0 Å². The van der Waals surface area contributed by atoms with Gasteiger partial charge in [0, 0.05) is 17.3 Å². The average molecular weight is 322 g/mol. The van der Waals surface area contributed by atoms with Crippen LogP contribution in [0.25, 0.3) is 11.3 Å². The third-order valence-corrected chi connectivity index (χ3v) is 3.54. The second-order valence-electron chi connectivity index (χ2n) is 5.24. The van der Waals surface area contributed by atoms with E-state index in [1.54, 1.807) is 13.0 Å². The number of nitrogens with zero attached hydrogens (tertiary/aromatic N) is 1. The zero-order valence-electron chi connectivity index (χ0n) is 13.6. The van der Waals surface area contributed by atoms with Gasteiger partial charge in [0.2, 0.25) is 0 Å². The lowest BCUT2D eigenvalue weighted by molar-refractivity contribution is 0.102. The van der Waals surface area contributed by atoms with Crippen molar-refractivity contribution < 1.29 is 14.1 Å². The normalized spacial score (nSPS) is 10.4. The van der Waals surface area contributed by atoms with Gasteiger partial charge in [-0.05, 0) is 26.0 Å². The Morgan fingerprint density at radius 1 is 1.17 bits per heavy atom. The van der Waals surface area contributed by atoms with Gasteiger partial charge in [0.05, 0.1) is 6.61 Å². The molecular weight excluding hydrogens is 304 g/mol. The van der Waals surface area contributed by atoms with Crippen molar-refractivity contribution in [3.05, 3.63) is 65.9 Å². The summed E-state index contributed by atoms with van der Waals surface area (Å²) in [4.78, 5) is 12.7. The molecule has 0 bridgehead atoms. The number of amides is 1. The maximum absolute atomic E-state index is 12.7. The first-order chi connectivity index (χ1) is 11.7. The van der Waals surface area contributed by atoms with Gasteiger partial charge in [0.15, 0.2) is 0 Å². The number of aryl methyl sites for hydroxylation is 1. The van der Waals surface area contributed by atoms with E-state index in [2.05, 4.69) is 10.5 Å². The zero-order valence-corrected chi connectivity index (χ0v) is 13.6. The molecule has 2 aromatic carbocycles. The molecule has 3 aromatic rings.